The standard InChI is InChI=1S/C51H54N4O9/c1-31-23-34(27-52-28-44(57)41-13-15-43(56)48-42(41)14-16-46(58)53-48)24-32(2)49(31)62-22-19-37-25-33(11-12-40(37)50(59)60)30-63-39-10-6-9-38(26-39)47(36-7-4-3-5-8-36)54-51(61)64-45-29-55-20-17-35(45)18-21-55/h3-16,23-26,35,44-45,47,52,56-57H,17-22,27-30H2,1-2H3,(H,53,58)(H,54,61)(H,59,60)/t44?,45?,47-/m0/s1. The van der Waals surface area contributed by atoms with Gasteiger partial charge in [0.25, 0.3) is 0 Å². The van der Waals surface area contributed by atoms with Gasteiger partial charge in [0, 0.05) is 37.5 Å². The number of piperidine rings is 3. The number of aliphatic hydroxyl groups excluding tert-OH is 1. The number of hydrogen-bond donors (Lipinski definition) is 6. The second-order valence-corrected chi connectivity index (χ2v) is 16.8. The molecule has 3 atom stereocenters. The van der Waals surface area contributed by atoms with Crippen LogP contribution in [0.15, 0.2) is 114 Å². The number of aryl methyl sites for hydroxylation is 2. The molecule has 332 valence electrons. The molecule has 3 aliphatic rings. The largest absolute Gasteiger partial charge is 0.506 e. The molecule has 6 aromatic rings. The molecule has 13 heteroatoms. The van der Waals surface area contributed by atoms with Gasteiger partial charge in [0.1, 0.15) is 30.0 Å². The number of carbonyl (C=O) groups excluding carboxylic acids is 1. The number of amides is 1. The van der Waals surface area contributed by atoms with E-state index in [-0.39, 0.29) is 48.3 Å². The third-order valence-corrected chi connectivity index (χ3v) is 12.3. The summed E-state index contributed by atoms with van der Waals surface area (Å²) in [5.41, 5.74) is 6.73. The van der Waals surface area contributed by atoms with Gasteiger partial charge in [0.15, 0.2) is 0 Å². The molecule has 13 nitrogen and oxygen atoms in total. The highest BCUT2D eigenvalue weighted by Crippen LogP contribution is 2.32. The van der Waals surface area contributed by atoms with E-state index in [1.54, 1.807) is 24.3 Å². The summed E-state index contributed by atoms with van der Waals surface area (Å²) in [6.45, 7) is 7.98. The van der Waals surface area contributed by atoms with Crippen molar-refractivity contribution in [1.29, 1.82) is 0 Å². The van der Waals surface area contributed by atoms with Gasteiger partial charge in [0.05, 0.1) is 29.8 Å². The first kappa shape index (κ1) is 44.0. The zero-order valence-electron chi connectivity index (χ0n) is 36.0. The number of phenols is 1. The third kappa shape index (κ3) is 10.4. The van der Waals surface area contributed by atoms with Crippen molar-refractivity contribution in [3.05, 3.63) is 170 Å². The fourth-order valence-corrected chi connectivity index (χ4v) is 9.09. The van der Waals surface area contributed by atoms with Crippen molar-refractivity contribution in [3.8, 4) is 17.2 Å². The molecule has 3 fully saturated rings. The van der Waals surface area contributed by atoms with Gasteiger partial charge in [-0.2, -0.15) is 0 Å². The Labute approximate surface area is 371 Å². The second-order valence-electron chi connectivity index (χ2n) is 16.8. The number of benzene rings is 5. The van der Waals surface area contributed by atoms with Crippen molar-refractivity contribution in [2.24, 2.45) is 5.92 Å². The molecule has 1 amide bonds. The van der Waals surface area contributed by atoms with Crippen LogP contribution in [0.4, 0.5) is 4.79 Å². The first-order valence-corrected chi connectivity index (χ1v) is 21.8. The lowest BCUT2D eigenvalue weighted by molar-refractivity contribution is -0.0336. The molecule has 1 aromatic heterocycles. The van der Waals surface area contributed by atoms with Crippen LogP contribution in [0, 0.1) is 19.8 Å². The van der Waals surface area contributed by atoms with E-state index in [1.165, 1.54) is 12.1 Å². The summed E-state index contributed by atoms with van der Waals surface area (Å²) < 4.78 is 18.5. The smallest absolute Gasteiger partial charge is 0.408 e. The van der Waals surface area contributed by atoms with Gasteiger partial charge in [-0.25, -0.2) is 9.59 Å². The number of aromatic nitrogens is 1. The van der Waals surface area contributed by atoms with Crippen molar-refractivity contribution in [3.63, 3.8) is 0 Å². The van der Waals surface area contributed by atoms with Gasteiger partial charge in [-0.05, 0) is 121 Å². The molecule has 4 heterocycles. The maximum Gasteiger partial charge on any atom is 0.408 e. The molecular formula is C51H54N4O9. The Morgan fingerprint density at radius 2 is 1.62 bits per heavy atom. The highest BCUT2D eigenvalue weighted by Gasteiger charge is 2.37. The molecule has 0 spiro atoms. The number of ether oxygens (including phenoxy) is 3. The summed E-state index contributed by atoms with van der Waals surface area (Å²) >= 11 is 0. The summed E-state index contributed by atoms with van der Waals surface area (Å²) in [5, 5.41) is 38.2. The average molecular weight is 867 g/mol. The van der Waals surface area contributed by atoms with Gasteiger partial charge < -0.3 is 45.1 Å². The van der Waals surface area contributed by atoms with Crippen LogP contribution in [0.1, 0.15) is 79.9 Å². The Bertz CT molecular complexity index is 2650. The van der Waals surface area contributed by atoms with E-state index >= 15 is 0 Å². The lowest BCUT2D eigenvalue weighted by Gasteiger charge is -2.43. The zero-order chi connectivity index (χ0) is 44.7. The minimum absolute atomic E-state index is 0.0626. The summed E-state index contributed by atoms with van der Waals surface area (Å²) in [4.78, 5) is 42.4. The average Bonchev–Trinajstić information content (AvgIpc) is 3.29. The third-order valence-electron chi connectivity index (χ3n) is 12.3. The van der Waals surface area contributed by atoms with E-state index in [9.17, 15) is 29.7 Å². The predicted octanol–water partition coefficient (Wildman–Crippen LogP) is 7.48. The van der Waals surface area contributed by atoms with Crippen LogP contribution in [-0.4, -0.2) is 76.2 Å². The number of alkyl carbamates (subject to hydrolysis) is 1. The van der Waals surface area contributed by atoms with E-state index in [4.69, 9.17) is 14.2 Å². The Kier molecular flexibility index (Phi) is 13.6. The van der Waals surface area contributed by atoms with Gasteiger partial charge in [0.2, 0.25) is 5.56 Å². The van der Waals surface area contributed by atoms with E-state index in [1.807, 2.05) is 86.6 Å². The number of hydrogen-bond acceptors (Lipinski definition) is 10. The molecule has 0 saturated carbocycles. The zero-order valence-corrected chi connectivity index (χ0v) is 36.0. The van der Waals surface area contributed by atoms with Gasteiger partial charge in [-0.1, -0.05) is 72.8 Å². The molecule has 3 aliphatic heterocycles. The topological polar surface area (TPSA) is 183 Å². The molecule has 3 saturated heterocycles. The van der Waals surface area contributed by atoms with Crippen LogP contribution in [-0.2, 0) is 24.3 Å². The minimum Gasteiger partial charge on any atom is -0.506 e. The number of nitrogens with zero attached hydrogens (tertiary/aromatic N) is 1. The number of aliphatic hydroxyl groups is 1. The summed E-state index contributed by atoms with van der Waals surface area (Å²) in [6.07, 6.45) is 1.01. The highest BCUT2D eigenvalue weighted by atomic mass is 16.6. The molecule has 2 bridgehead atoms. The molecule has 2 unspecified atom stereocenters. The predicted molar refractivity (Wildman–Crippen MR) is 243 cm³/mol. The summed E-state index contributed by atoms with van der Waals surface area (Å²) in [6, 6.07) is 32.2. The van der Waals surface area contributed by atoms with E-state index in [2.05, 4.69) is 20.5 Å². The van der Waals surface area contributed by atoms with Crippen molar-refractivity contribution in [2.75, 3.05) is 32.8 Å². The Morgan fingerprint density at radius 3 is 2.36 bits per heavy atom. The highest BCUT2D eigenvalue weighted by molar-refractivity contribution is 5.89. The van der Waals surface area contributed by atoms with Crippen molar-refractivity contribution in [1.82, 2.24) is 20.5 Å². The molecule has 5 aromatic carbocycles. The number of aromatic carboxylic acids is 1. The van der Waals surface area contributed by atoms with Crippen molar-refractivity contribution >= 4 is 23.0 Å². The van der Waals surface area contributed by atoms with Gasteiger partial charge in [-0.15, -0.1) is 0 Å². The fraction of sp³-hybridized carbons (Fsp3) is 0.314. The van der Waals surface area contributed by atoms with Crippen molar-refractivity contribution < 1.29 is 39.1 Å². The van der Waals surface area contributed by atoms with Crippen LogP contribution in [0.25, 0.3) is 10.9 Å². The molecular weight excluding hydrogens is 813 g/mol. The minimum atomic E-state index is -1.02. The maximum absolute atomic E-state index is 13.3. The van der Waals surface area contributed by atoms with E-state index < -0.39 is 24.2 Å². The Morgan fingerprint density at radius 1 is 0.859 bits per heavy atom. The van der Waals surface area contributed by atoms with Crippen LogP contribution in [0.5, 0.6) is 17.2 Å². The van der Waals surface area contributed by atoms with E-state index in [0.29, 0.717) is 41.1 Å². The number of pyridine rings is 1. The number of fused-ring (bicyclic) bond motifs is 4. The van der Waals surface area contributed by atoms with Crippen molar-refractivity contribution in [2.45, 2.75) is 64.5 Å². The lowest BCUT2D eigenvalue weighted by Crippen LogP contribution is -2.52. The number of carbonyl (C=O) groups is 2. The molecule has 6 N–H and O–H groups in total. The monoisotopic (exact) mass is 866 g/mol. The van der Waals surface area contributed by atoms with Gasteiger partial charge >= 0.3 is 12.1 Å². The number of carboxylic acids is 1. The summed E-state index contributed by atoms with van der Waals surface area (Å²) in [5.74, 6) is 0.633. The number of H-pyrrole nitrogens is 1. The maximum atomic E-state index is 13.3. The van der Waals surface area contributed by atoms with E-state index in [0.717, 1.165) is 71.6 Å². The number of aromatic amines is 1. The Balaban J connectivity index is 0.873. The molecule has 64 heavy (non-hydrogen) atoms. The van der Waals surface area contributed by atoms with Crippen LogP contribution < -0.4 is 25.7 Å². The first-order valence-electron chi connectivity index (χ1n) is 21.8. The number of rotatable bonds is 17. The Hall–Kier alpha value is -6.67. The molecule has 0 aliphatic carbocycles. The number of aromatic hydroxyl groups is 1. The molecule has 9 rings (SSSR count). The van der Waals surface area contributed by atoms with Crippen LogP contribution in [0.2, 0.25) is 0 Å². The number of phenolic OH excluding ortho intramolecular Hbond substituents is 1. The van der Waals surface area contributed by atoms with Crippen LogP contribution >= 0.6 is 0 Å². The normalized spacial score (nSPS) is 17.7. The number of carboxylic acid groups (broad SMARTS) is 1. The van der Waals surface area contributed by atoms with Gasteiger partial charge in [-0.3, -0.25) is 9.69 Å². The quantitative estimate of drug-likeness (QED) is 0.0535. The van der Waals surface area contributed by atoms with Crippen LogP contribution in [0.3, 0.4) is 0 Å². The fourth-order valence-electron chi connectivity index (χ4n) is 9.09. The summed E-state index contributed by atoms with van der Waals surface area (Å²) in [7, 11) is 0. The SMILES string of the molecule is Cc1cc(CNCC(O)c2ccc(O)c3[nH]c(=O)ccc23)cc(C)c1OCCc1cc(COc2cccc([C@@H](NC(=O)OC3CN4CCC3CC4)c3ccccc3)c2)ccc1C(=O)O. The first-order chi connectivity index (χ1) is 31.0. The second kappa shape index (κ2) is 19.8. The lowest BCUT2D eigenvalue weighted by atomic mass is 9.86. The number of nitrogens with one attached hydrogen (secondary N) is 3. The molecule has 0 radical (unpaired) electrons.